The summed E-state index contributed by atoms with van der Waals surface area (Å²) >= 11 is 0. The minimum absolute atomic E-state index is 0.117. The van der Waals surface area contributed by atoms with E-state index in [0.29, 0.717) is 0 Å². The highest BCUT2D eigenvalue weighted by Gasteiger charge is 2.16. The van der Waals surface area contributed by atoms with Gasteiger partial charge in [-0.25, -0.2) is 4.79 Å². The number of hydrogen-bond donors (Lipinski definition) is 1. The Morgan fingerprint density at radius 3 is 2.67 bits per heavy atom. The van der Waals surface area contributed by atoms with Crippen LogP contribution in [0.3, 0.4) is 0 Å². The van der Waals surface area contributed by atoms with E-state index in [1.54, 1.807) is 24.4 Å². The molecule has 0 aliphatic rings. The molecule has 0 aliphatic heterocycles. The zero-order valence-corrected chi connectivity index (χ0v) is 12.7. The van der Waals surface area contributed by atoms with Gasteiger partial charge in [0.2, 0.25) is 6.54 Å². The fraction of sp³-hybridized carbons (Fsp3) is 0.188. The fourth-order valence-corrected chi connectivity index (χ4v) is 1.98. The predicted octanol–water partition coefficient (Wildman–Crippen LogP) is 2.00. The van der Waals surface area contributed by atoms with Crippen molar-refractivity contribution in [1.82, 2.24) is 0 Å². The number of esters is 1. The SMILES string of the molecule is COC(=O)c1ccc[n+](CC(=O)Nc2ccccc2OC(F)F)c1. The molecule has 1 aromatic heterocycles. The van der Waals surface area contributed by atoms with E-state index < -0.39 is 18.5 Å². The van der Waals surface area contributed by atoms with Crippen LogP contribution in [0.15, 0.2) is 48.8 Å². The van der Waals surface area contributed by atoms with Crippen molar-refractivity contribution in [3.63, 3.8) is 0 Å². The Bertz CT molecular complexity index is 738. The summed E-state index contributed by atoms with van der Waals surface area (Å²) in [5, 5.41) is 2.49. The zero-order chi connectivity index (χ0) is 17.5. The second-order valence-electron chi connectivity index (χ2n) is 4.68. The van der Waals surface area contributed by atoms with Gasteiger partial charge < -0.3 is 14.8 Å². The smallest absolute Gasteiger partial charge is 0.387 e. The Kier molecular flexibility index (Phi) is 5.78. The molecule has 0 unspecified atom stereocenters. The molecule has 1 N–H and O–H groups in total. The number of methoxy groups -OCH3 is 1. The number of ether oxygens (including phenoxy) is 2. The Morgan fingerprint density at radius 1 is 1.21 bits per heavy atom. The third kappa shape index (κ3) is 4.73. The summed E-state index contributed by atoms with van der Waals surface area (Å²) in [6.45, 7) is -3.11. The molecule has 1 aromatic carbocycles. The molecule has 0 radical (unpaired) electrons. The molecule has 0 saturated carbocycles. The van der Waals surface area contributed by atoms with E-state index in [4.69, 9.17) is 0 Å². The molecular weight excluding hydrogens is 322 g/mol. The topological polar surface area (TPSA) is 68.5 Å². The van der Waals surface area contributed by atoms with Crippen LogP contribution in [-0.2, 0) is 16.1 Å². The van der Waals surface area contributed by atoms with Crippen LogP contribution in [-0.4, -0.2) is 25.6 Å². The number of alkyl halides is 2. The average Bonchev–Trinajstić information content (AvgIpc) is 2.55. The Balaban J connectivity index is 2.08. The molecule has 0 bridgehead atoms. The molecule has 0 atom stereocenters. The van der Waals surface area contributed by atoms with Crippen molar-refractivity contribution in [2.75, 3.05) is 12.4 Å². The number of hydrogen-bond acceptors (Lipinski definition) is 4. The highest BCUT2D eigenvalue weighted by Crippen LogP contribution is 2.25. The van der Waals surface area contributed by atoms with E-state index in [2.05, 4.69) is 14.8 Å². The lowest BCUT2D eigenvalue weighted by atomic mass is 10.3. The quantitative estimate of drug-likeness (QED) is 0.647. The molecule has 2 rings (SSSR count). The van der Waals surface area contributed by atoms with Gasteiger partial charge in [0.25, 0.3) is 5.91 Å². The van der Waals surface area contributed by atoms with Crippen molar-refractivity contribution in [2.24, 2.45) is 0 Å². The molecule has 0 aliphatic carbocycles. The molecular formula is C16H15F2N2O4+. The van der Waals surface area contributed by atoms with Crippen molar-refractivity contribution in [2.45, 2.75) is 13.2 Å². The van der Waals surface area contributed by atoms with Gasteiger partial charge in [-0.15, -0.1) is 0 Å². The van der Waals surface area contributed by atoms with Gasteiger partial charge in [0.15, 0.2) is 12.4 Å². The minimum Gasteiger partial charge on any atom is -0.465 e. The van der Waals surface area contributed by atoms with E-state index in [1.165, 1.54) is 36.1 Å². The first kappa shape index (κ1) is 17.3. The highest BCUT2D eigenvalue weighted by atomic mass is 19.3. The van der Waals surface area contributed by atoms with Crippen LogP contribution >= 0.6 is 0 Å². The number of carbonyl (C=O) groups is 2. The Morgan fingerprint density at radius 2 is 1.96 bits per heavy atom. The largest absolute Gasteiger partial charge is 0.465 e. The second kappa shape index (κ2) is 8.00. The number of nitrogens with zero attached hydrogens (tertiary/aromatic N) is 1. The number of aromatic nitrogens is 1. The van der Waals surface area contributed by atoms with E-state index in [1.807, 2.05) is 0 Å². The summed E-state index contributed by atoms with van der Waals surface area (Å²) in [7, 11) is 1.26. The van der Waals surface area contributed by atoms with Crippen LogP contribution in [0.4, 0.5) is 14.5 Å². The fourth-order valence-electron chi connectivity index (χ4n) is 1.98. The van der Waals surface area contributed by atoms with Crippen molar-refractivity contribution in [1.29, 1.82) is 0 Å². The van der Waals surface area contributed by atoms with E-state index in [0.717, 1.165) is 0 Å². The van der Waals surface area contributed by atoms with Crippen molar-refractivity contribution < 1.29 is 32.4 Å². The lowest BCUT2D eigenvalue weighted by Crippen LogP contribution is -2.40. The first-order valence-electron chi connectivity index (χ1n) is 6.90. The maximum Gasteiger partial charge on any atom is 0.387 e. The number of anilines is 1. The molecule has 1 amide bonds. The van der Waals surface area contributed by atoms with Crippen LogP contribution in [0.25, 0.3) is 0 Å². The van der Waals surface area contributed by atoms with Gasteiger partial charge in [-0.1, -0.05) is 12.1 Å². The van der Waals surface area contributed by atoms with E-state index in [9.17, 15) is 18.4 Å². The summed E-state index contributed by atoms with van der Waals surface area (Å²) < 4.78 is 35.1. The zero-order valence-electron chi connectivity index (χ0n) is 12.7. The van der Waals surface area contributed by atoms with Crippen LogP contribution in [0.5, 0.6) is 5.75 Å². The molecule has 2 aromatic rings. The third-order valence-corrected chi connectivity index (χ3v) is 2.98. The lowest BCUT2D eigenvalue weighted by Gasteiger charge is -2.10. The predicted molar refractivity (Wildman–Crippen MR) is 79.7 cm³/mol. The maximum atomic E-state index is 12.4. The third-order valence-electron chi connectivity index (χ3n) is 2.98. The maximum absolute atomic E-state index is 12.4. The molecule has 126 valence electrons. The summed E-state index contributed by atoms with van der Waals surface area (Å²) in [4.78, 5) is 23.5. The summed E-state index contributed by atoms with van der Waals surface area (Å²) in [6.07, 6.45) is 3.04. The van der Waals surface area contributed by atoms with Crippen LogP contribution in [0.1, 0.15) is 10.4 Å². The number of para-hydroxylation sites is 2. The molecule has 8 heteroatoms. The van der Waals surface area contributed by atoms with Gasteiger partial charge in [-0.05, 0) is 18.2 Å². The standard InChI is InChI=1S/C16H14F2N2O4/c1-23-15(22)11-5-4-8-20(9-11)10-14(21)19-12-6-2-3-7-13(12)24-16(17)18/h2-9,16H,10H2,1H3/p+1. The number of halogens is 2. The monoisotopic (exact) mass is 337 g/mol. The highest BCUT2D eigenvalue weighted by molar-refractivity contribution is 5.91. The first-order chi connectivity index (χ1) is 11.5. The Labute approximate surface area is 136 Å². The summed E-state index contributed by atoms with van der Waals surface area (Å²) in [6, 6.07) is 9.01. The molecule has 0 spiro atoms. The van der Waals surface area contributed by atoms with Crippen LogP contribution in [0, 0.1) is 0 Å². The Hall–Kier alpha value is -3.03. The number of benzene rings is 1. The molecule has 24 heavy (non-hydrogen) atoms. The number of rotatable bonds is 6. The minimum atomic E-state index is -2.99. The van der Waals surface area contributed by atoms with Crippen LogP contribution in [0.2, 0.25) is 0 Å². The normalized spacial score (nSPS) is 10.3. The number of pyridine rings is 1. The average molecular weight is 337 g/mol. The number of nitrogens with one attached hydrogen (secondary N) is 1. The van der Waals surface area contributed by atoms with Crippen LogP contribution < -0.4 is 14.6 Å². The van der Waals surface area contributed by atoms with Gasteiger partial charge in [0, 0.05) is 6.07 Å². The van der Waals surface area contributed by atoms with Gasteiger partial charge in [0.05, 0.1) is 12.8 Å². The lowest BCUT2D eigenvalue weighted by molar-refractivity contribution is -0.684. The molecule has 6 nitrogen and oxygen atoms in total. The van der Waals surface area contributed by atoms with Gasteiger partial charge in [-0.3, -0.25) is 4.79 Å². The van der Waals surface area contributed by atoms with E-state index in [-0.39, 0.29) is 23.5 Å². The number of amides is 1. The van der Waals surface area contributed by atoms with Crippen molar-refractivity contribution >= 4 is 17.6 Å². The van der Waals surface area contributed by atoms with Gasteiger partial charge in [0.1, 0.15) is 11.3 Å². The molecule has 0 fully saturated rings. The first-order valence-corrected chi connectivity index (χ1v) is 6.90. The summed E-state index contributed by atoms with van der Waals surface area (Å²) in [5.74, 6) is -1.12. The molecule has 0 saturated heterocycles. The molecule has 1 heterocycles. The van der Waals surface area contributed by atoms with Crippen molar-refractivity contribution in [3.8, 4) is 5.75 Å². The summed E-state index contributed by atoms with van der Waals surface area (Å²) in [5.41, 5.74) is 0.418. The van der Waals surface area contributed by atoms with Crippen molar-refractivity contribution in [3.05, 3.63) is 54.4 Å². The number of carbonyl (C=O) groups excluding carboxylic acids is 2. The van der Waals surface area contributed by atoms with E-state index >= 15 is 0 Å². The van der Waals surface area contributed by atoms with Gasteiger partial charge >= 0.3 is 12.6 Å². The van der Waals surface area contributed by atoms with Gasteiger partial charge in [-0.2, -0.15) is 13.3 Å². The second-order valence-corrected chi connectivity index (χ2v) is 4.68.